The highest BCUT2D eigenvalue weighted by molar-refractivity contribution is 7.89. The van der Waals surface area contributed by atoms with Gasteiger partial charge in [-0.3, -0.25) is 14.5 Å². The quantitative estimate of drug-likeness (QED) is 0.292. The standard InChI is InChI=1S/C30H29N7O4S/c1-42(39,40)35-28(38)13-11-23-8-7-22(20-31-23)29-26(12-10-24-9-6-21-4-2-3-5-25(21)33-24)34-30-27(14-15-32-37(29)30)36-16-18-41-19-17-36/h2-10,12,14-15,20H,11,13,16-19H2,1H3,(H,35,38). The smallest absolute Gasteiger partial charge is 0.233 e. The molecule has 0 bridgehead atoms. The Morgan fingerprint density at radius 1 is 1.02 bits per heavy atom. The normalized spacial score (nSPS) is 14.2. The van der Waals surface area contributed by atoms with Crippen LogP contribution in [0.4, 0.5) is 5.69 Å². The molecule has 1 aromatic carbocycles. The molecule has 6 rings (SSSR count). The van der Waals surface area contributed by atoms with E-state index in [2.05, 4.69) is 15.0 Å². The summed E-state index contributed by atoms with van der Waals surface area (Å²) in [5.74, 6) is -0.570. The summed E-state index contributed by atoms with van der Waals surface area (Å²) in [6.07, 6.45) is 8.63. The van der Waals surface area contributed by atoms with Gasteiger partial charge in [-0.25, -0.2) is 22.9 Å². The number of fused-ring (bicyclic) bond motifs is 2. The molecule has 1 N–H and O–H groups in total. The van der Waals surface area contributed by atoms with Crippen molar-refractivity contribution in [3.8, 4) is 11.3 Å². The second-order valence-electron chi connectivity index (χ2n) is 9.99. The lowest BCUT2D eigenvalue weighted by atomic mass is 10.1. The first-order chi connectivity index (χ1) is 20.3. The largest absolute Gasteiger partial charge is 0.378 e. The van der Waals surface area contributed by atoms with Crippen LogP contribution in [0.5, 0.6) is 0 Å². The van der Waals surface area contributed by atoms with Gasteiger partial charge in [0, 0.05) is 42.4 Å². The second kappa shape index (κ2) is 11.7. The number of ether oxygens (including phenoxy) is 1. The molecule has 1 aliphatic rings. The topological polar surface area (TPSA) is 132 Å². The predicted octanol–water partition coefficient (Wildman–Crippen LogP) is 3.35. The van der Waals surface area contributed by atoms with Gasteiger partial charge in [-0.05, 0) is 48.9 Å². The number of nitrogens with one attached hydrogen (secondary N) is 1. The van der Waals surface area contributed by atoms with Crippen LogP contribution in [-0.2, 0) is 26.0 Å². The van der Waals surface area contributed by atoms with Gasteiger partial charge in [0.15, 0.2) is 5.65 Å². The molecule has 1 aliphatic heterocycles. The Balaban J connectivity index is 1.36. The Morgan fingerprint density at radius 3 is 2.64 bits per heavy atom. The highest BCUT2D eigenvalue weighted by Gasteiger charge is 2.21. The van der Waals surface area contributed by atoms with Gasteiger partial charge >= 0.3 is 0 Å². The summed E-state index contributed by atoms with van der Waals surface area (Å²) < 4.78 is 32.0. The summed E-state index contributed by atoms with van der Waals surface area (Å²) in [5, 5.41) is 5.73. The van der Waals surface area contributed by atoms with E-state index in [1.54, 1.807) is 12.4 Å². The molecule has 214 valence electrons. The monoisotopic (exact) mass is 583 g/mol. The molecule has 0 spiro atoms. The first-order valence-corrected chi connectivity index (χ1v) is 15.4. The minimum Gasteiger partial charge on any atom is -0.378 e. The average molecular weight is 584 g/mol. The SMILES string of the molecule is CS(=O)(=O)NC(=O)CCc1ccc(-c2c(C=Cc3ccc4ccccc4n3)nc3c(N4CCOCC4)ccnn23)cn1. The Labute approximate surface area is 242 Å². The molecule has 5 aromatic rings. The van der Waals surface area contributed by atoms with Crippen molar-refractivity contribution in [3.63, 3.8) is 0 Å². The number of anilines is 1. The number of pyridine rings is 2. The number of para-hydroxylation sites is 1. The molecule has 1 amide bonds. The van der Waals surface area contributed by atoms with Crippen molar-refractivity contribution in [1.29, 1.82) is 0 Å². The molecule has 0 radical (unpaired) electrons. The summed E-state index contributed by atoms with van der Waals surface area (Å²) in [5.41, 5.74) is 6.35. The maximum Gasteiger partial charge on any atom is 0.233 e. The van der Waals surface area contributed by atoms with Gasteiger partial charge in [-0.2, -0.15) is 5.10 Å². The van der Waals surface area contributed by atoms with Crippen molar-refractivity contribution >= 4 is 50.3 Å². The minimum atomic E-state index is -3.60. The number of imidazole rings is 1. The lowest BCUT2D eigenvalue weighted by Crippen LogP contribution is -2.36. The van der Waals surface area contributed by atoms with Crippen molar-refractivity contribution in [1.82, 2.24) is 29.3 Å². The van der Waals surface area contributed by atoms with Gasteiger partial charge in [0.1, 0.15) is 5.69 Å². The zero-order valence-electron chi connectivity index (χ0n) is 23.0. The second-order valence-corrected chi connectivity index (χ2v) is 11.7. The molecule has 0 atom stereocenters. The van der Waals surface area contributed by atoms with Crippen LogP contribution >= 0.6 is 0 Å². The number of carbonyl (C=O) groups is 1. The zero-order chi connectivity index (χ0) is 29.1. The van der Waals surface area contributed by atoms with Crippen LogP contribution in [-0.4, -0.2) is 71.5 Å². The fraction of sp³-hybridized carbons (Fsp3) is 0.233. The molecule has 12 heteroatoms. The molecule has 0 saturated carbocycles. The highest BCUT2D eigenvalue weighted by Crippen LogP contribution is 2.30. The van der Waals surface area contributed by atoms with E-state index < -0.39 is 15.9 Å². The third-order valence-corrected chi connectivity index (χ3v) is 7.51. The number of aromatic nitrogens is 5. The van der Waals surface area contributed by atoms with Crippen molar-refractivity contribution in [2.45, 2.75) is 12.8 Å². The van der Waals surface area contributed by atoms with Crippen LogP contribution < -0.4 is 9.62 Å². The number of aryl methyl sites for hydroxylation is 1. The van der Waals surface area contributed by atoms with Crippen molar-refractivity contribution in [2.75, 3.05) is 37.5 Å². The van der Waals surface area contributed by atoms with Crippen LogP contribution in [0, 0.1) is 0 Å². The summed E-state index contributed by atoms with van der Waals surface area (Å²) in [4.78, 5) is 28.5. The van der Waals surface area contributed by atoms with Crippen molar-refractivity contribution in [3.05, 3.63) is 84.1 Å². The third-order valence-electron chi connectivity index (χ3n) is 6.91. The predicted molar refractivity (Wildman–Crippen MR) is 161 cm³/mol. The number of rotatable bonds is 8. The number of amides is 1. The zero-order valence-corrected chi connectivity index (χ0v) is 23.8. The van der Waals surface area contributed by atoms with Gasteiger partial charge < -0.3 is 9.64 Å². The number of carbonyl (C=O) groups excluding carboxylic acids is 1. The molecular formula is C30H29N7O4S. The van der Waals surface area contributed by atoms with E-state index in [0.717, 1.165) is 58.5 Å². The van der Waals surface area contributed by atoms with E-state index in [-0.39, 0.29) is 6.42 Å². The summed E-state index contributed by atoms with van der Waals surface area (Å²) in [6, 6.07) is 17.7. The number of sulfonamides is 1. The Hall–Kier alpha value is -4.68. The number of nitrogens with zero attached hydrogens (tertiary/aromatic N) is 6. The summed E-state index contributed by atoms with van der Waals surface area (Å²) >= 11 is 0. The van der Waals surface area contributed by atoms with Crippen LogP contribution in [0.1, 0.15) is 23.5 Å². The molecule has 4 aromatic heterocycles. The highest BCUT2D eigenvalue weighted by atomic mass is 32.2. The molecular weight excluding hydrogens is 554 g/mol. The maximum absolute atomic E-state index is 11.9. The van der Waals surface area contributed by atoms with E-state index >= 15 is 0 Å². The fourth-order valence-electron chi connectivity index (χ4n) is 4.94. The molecule has 0 aliphatic carbocycles. The fourth-order valence-corrected chi connectivity index (χ4v) is 5.46. The lowest BCUT2D eigenvalue weighted by Gasteiger charge is -2.28. The Bertz CT molecular complexity index is 1900. The first-order valence-electron chi connectivity index (χ1n) is 13.5. The number of benzene rings is 1. The van der Waals surface area contributed by atoms with Gasteiger partial charge in [-0.1, -0.05) is 24.3 Å². The summed E-state index contributed by atoms with van der Waals surface area (Å²) in [7, 11) is -3.60. The summed E-state index contributed by atoms with van der Waals surface area (Å²) in [6.45, 7) is 2.82. The Kier molecular flexibility index (Phi) is 7.64. The van der Waals surface area contributed by atoms with Gasteiger partial charge in [0.05, 0.1) is 48.3 Å². The lowest BCUT2D eigenvalue weighted by molar-refractivity contribution is -0.119. The maximum atomic E-state index is 11.9. The van der Waals surface area contributed by atoms with Gasteiger partial charge in [0.25, 0.3) is 0 Å². The third kappa shape index (κ3) is 6.14. The molecule has 42 heavy (non-hydrogen) atoms. The number of morpholine rings is 1. The minimum absolute atomic E-state index is 0.00619. The van der Waals surface area contributed by atoms with Crippen LogP contribution in [0.15, 0.2) is 67.0 Å². The average Bonchev–Trinajstić information content (AvgIpc) is 3.37. The number of hydrogen-bond donors (Lipinski definition) is 1. The van der Waals surface area contributed by atoms with Gasteiger partial charge in [0.2, 0.25) is 15.9 Å². The van der Waals surface area contributed by atoms with Crippen LogP contribution in [0.2, 0.25) is 0 Å². The van der Waals surface area contributed by atoms with Crippen molar-refractivity contribution in [2.24, 2.45) is 0 Å². The van der Waals surface area contributed by atoms with E-state index in [1.165, 1.54) is 0 Å². The van der Waals surface area contributed by atoms with Gasteiger partial charge in [-0.15, -0.1) is 0 Å². The van der Waals surface area contributed by atoms with Crippen molar-refractivity contribution < 1.29 is 17.9 Å². The molecule has 0 unspecified atom stereocenters. The molecule has 11 nitrogen and oxygen atoms in total. The van der Waals surface area contributed by atoms with E-state index in [9.17, 15) is 13.2 Å². The van der Waals surface area contributed by atoms with Crippen LogP contribution in [0.3, 0.4) is 0 Å². The van der Waals surface area contributed by atoms with E-state index in [0.29, 0.717) is 31.0 Å². The molecule has 1 fully saturated rings. The van der Waals surface area contributed by atoms with E-state index in [4.69, 9.17) is 14.7 Å². The molecule has 5 heterocycles. The first kappa shape index (κ1) is 27.5. The number of hydrogen-bond acceptors (Lipinski definition) is 9. The molecule has 1 saturated heterocycles. The van der Waals surface area contributed by atoms with E-state index in [1.807, 2.05) is 76.0 Å². The Morgan fingerprint density at radius 2 is 1.86 bits per heavy atom. The van der Waals surface area contributed by atoms with Crippen LogP contribution in [0.25, 0.3) is 40.0 Å².